The molecule has 2 heterocycles. The first-order chi connectivity index (χ1) is 9.69. The third-order valence-corrected chi connectivity index (χ3v) is 5.85. The van der Waals surface area contributed by atoms with Crippen molar-refractivity contribution in [3.8, 4) is 0 Å². The van der Waals surface area contributed by atoms with E-state index in [2.05, 4.69) is 51.3 Å². The van der Waals surface area contributed by atoms with Crippen molar-refractivity contribution in [2.75, 3.05) is 11.4 Å². The number of piperidine rings is 1. The number of nitrogens with one attached hydrogen (secondary N) is 1. The van der Waals surface area contributed by atoms with Gasteiger partial charge in [0, 0.05) is 28.3 Å². The first-order valence-electron chi connectivity index (χ1n) is 7.65. The van der Waals surface area contributed by atoms with Gasteiger partial charge in [-0.2, -0.15) is 0 Å². The number of hydrogen-bond acceptors (Lipinski definition) is 2. The van der Waals surface area contributed by atoms with Gasteiger partial charge in [0.2, 0.25) is 0 Å². The molecule has 0 amide bonds. The highest BCUT2D eigenvalue weighted by Gasteiger charge is 2.40. The van der Waals surface area contributed by atoms with Gasteiger partial charge < -0.3 is 10.2 Å². The molecule has 0 spiro atoms. The van der Waals surface area contributed by atoms with Gasteiger partial charge in [0.25, 0.3) is 0 Å². The second kappa shape index (κ2) is 6.25. The lowest BCUT2D eigenvalue weighted by Gasteiger charge is -2.41. The topological polar surface area (TPSA) is 15.3 Å². The summed E-state index contributed by atoms with van der Waals surface area (Å²) in [6.07, 6.45) is 6.40. The molecule has 0 saturated carbocycles. The second-order valence-electron chi connectivity index (χ2n) is 6.01. The molecule has 3 rings (SSSR count). The fourth-order valence-corrected chi connectivity index (χ4v) is 4.18. The summed E-state index contributed by atoms with van der Waals surface area (Å²) in [7, 11) is 0. The third kappa shape index (κ3) is 2.86. The van der Waals surface area contributed by atoms with Crippen molar-refractivity contribution >= 4 is 33.2 Å². The zero-order chi connectivity index (χ0) is 14.1. The number of halogens is 2. The van der Waals surface area contributed by atoms with Gasteiger partial charge >= 0.3 is 0 Å². The lowest BCUT2D eigenvalue weighted by Crippen LogP contribution is -2.49. The maximum Gasteiger partial charge on any atom is 0.0568 e. The minimum Gasteiger partial charge on any atom is -0.365 e. The van der Waals surface area contributed by atoms with E-state index in [1.54, 1.807) is 0 Å². The molecule has 2 nitrogen and oxygen atoms in total. The smallest absolute Gasteiger partial charge is 0.0568 e. The zero-order valence-electron chi connectivity index (χ0n) is 11.9. The van der Waals surface area contributed by atoms with Crippen LogP contribution in [0.1, 0.15) is 39.0 Å². The first kappa shape index (κ1) is 14.7. The predicted molar refractivity (Wildman–Crippen MR) is 89.8 cm³/mol. The molecule has 0 radical (unpaired) electrons. The number of nitrogens with zero attached hydrogens (tertiary/aromatic N) is 1. The molecule has 1 aromatic rings. The third-order valence-electron chi connectivity index (χ3n) is 4.62. The van der Waals surface area contributed by atoms with Crippen LogP contribution < -0.4 is 10.2 Å². The molecule has 0 aliphatic carbocycles. The molecular weight excluding hydrogens is 336 g/mol. The van der Waals surface area contributed by atoms with Gasteiger partial charge in [0.15, 0.2) is 0 Å². The Hall–Kier alpha value is -0.250. The molecule has 20 heavy (non-hydrogen) atoms. The average Bonchev–Trinajstić information content (AvgIpc) is 2.71. The van der Waals surface area contributed by atoms with Gasteiger partial charge in [-0.15, -0.1) is 0 Å². The van der Waals surface area contributed by atoms with Crippen molar-refractivity contribution in [2.45, 2.75) is 57.2 Å². The van der Waals surface area contributed by atoms with Crippen LogP contribution >= 0.6 is 27.5 Å². The van der Waals surface area contributed by atoms with Crippen LogP contribution in [-0.4, -0.2) is 24.7 Å². The van der Waals surface area contributed by atoms with Crippen LogP contribution in [0.25, 0.3) is 0 Å². The zero-order valence-corrected chi connectivity index (χ0v) is 14.3. The Balaban J connectivity index is 1.74. The molecule has 4 heteroatoms. The predicted octanol–water partition coefficient (Wildman–Crippen LogP) is 4.60. The van der Waals surface area contributed by atoms with Gasteiger partial charge in [-0.25, -0.2) is 0 Å². The Labute approximate surface area is 135 Å². The number of hydrogen-bond donors (Lipinski definition) is 1. The van der Waals surface area contributed by atoms with E-state index in [-0.39, 0.29) is 0 Å². The maximum absolute atomic E-state index is 6.26. The van der Waals surface area contributed by atoms with Crippen molar-refractivity contribution in [3.05, 3.63) is 27.7 Å². The van der Waals surface area contributed by atoms with Crippen molar-refractivity contribution in [2.24, 2.45) is 0 Å². The molecule has 2 aliphatic rings. The van der Waals surface area contributed by atoms with Gasteiger partial charge in [-0.05, 0) is 72.8 Å². The highest BCUT2D eigenvalue weighted by atomic mass is 79.9. The minimum atomic E-state index is 0.681. The van der Waals surface area contributed by atoms with E-state index in [0.29, 0.717) is 18.1 Å². The Morgan fingerprint density at radius 1 is 1.30 bits per heavy atom. The second-order valence-corrected chi connectivity index (χ2v) is 7.27. The summed E-state index contributed by atoms with van der Waals surface area (Å²) in [5.74, 6) is 0. The quantitative estimate of drug-likeness (QED) is 0.847. The fraction of sp³-hybridized carbons (Fsp3) is 0.625. The molecule has 2 bridgehead atoms. The van der Waals surface area contributed by atoms with Gasteiger partial charge in [0.1, 0.15) is 0 Å². The van der Waals surface area contributed by atoms with Crippen LogP contribution in [-0.2, 0) is 0 Å². The molecule has 1 N–H and O–H groups in total. The summed E-state index contributed by atoms with van der Waals surface area (Å²) in [5, 5.41) is 4.52. The SMILES string of the molecule is CCCNC1CC2CCC(C1)N2c1ccc(Br)c(Cl)c1. The number of anilines is 1. The van der Waals surface area contributed by atoms with Crippen LogP contribution in [0.4, 0.5) is 5.69 Å². The normalized spacial score (nSPS) is 28.9. The maximum atomic E-state index is 6.26. The van der Waals surface area contributed by atoms with Crippen LogP contribution in [0, 0.1) is 0 Å². The van der Waals surface area contributed by atoms with Crippen LogP contribution in [0.2, 0.25) is 5.02 Å². The molecular formula is C16H22BrClN2. The average molecular weight is 358 g/mol. The van der Waals surface area contributed by atoms with Crippen molar-refractivity contribution < 1.29 is 0 Å². The highest BCUT2D eigenvalue weighted by Crippen LogP contribution is 2.40. The summed E-state index contributed by atoms with van der Waals surface area (Å²) < 4.78 is 0.981. The molecule has 2 unspecified atom stereocenters. The van der Waals surface area contributed by atoms with E-state index in [9.17, 15) is 0 Å². The molecule has 0 aromatic heterocycles. The number of benzene rings is 1. The minimum absolute atomic E-state index is 0.681. The first-order valence-corrected chi connectivity index (χ1v) is 8.83. The van der Waals surface area contributed by atoms with Gasteiger partial charge in [0.05, 0.1) is 5.02 Å². The van der Waals surface area contributed by atoms with E-state index >= 15 is 0 Å². The van der Waals surface area contributed by atoms with E-state index in [1.807, 2.05) is 0 Å². The van der Waals surface area contributed by atoms with Gasteiger partial charge in [-0.1, -0.05) is 18.5 Å². The molecule has 2 fully saturated rings. The van der Waals surface area contributed by atoms with Crippen LogP contribution in [0.15, 0.2) is 22.7 Å². The lowest BCUT2D eigenvalue weighted by atomic mass is 9.96. The summed E-state index contributed by atoms with van der Waals surface area (Å²) in [6, 6.07) is 8.44. The summed E-state index contributed by atoms with van der Waals surface area (Å²) in [4.78, 5) is 2.61. The highest BCUT2D eigenvalue weighted by molar-refractivity contribution is 9.10. The lowest BCUT2D eigenvalue weighted by molar-refractivity contribution is 0.357. The summed E-state index contributed by atoms with van der Waals surface area (Å²) in [5.41, 5.74) is 1.29. The fourth-order valence-electron chi connectivity index (χ4n) is 3.76. The van der Waals surface area contributed by atoms with Crippen molar-refractivity contribution in [1.82, 2.24) is 5.32 Å². The van der Waals surface area contributed by atoms with Crippen LogP contribution in [0.3, 0.4) is 0 Å². The van der Waals surface area contributed by atoms with Crippen molar-refractivity contribution in [3.63, 3.8) is 0 Å². The van der Waals surface area contributed by atoms with E-state index < -0.39 is 0 Å². The Morgan fingerprint density at radius 2 is 2.00 bits per heavy atom. The standard InChI is InChI=1S/C16H22BrClN2/c1-2-7-19-11-8-12-3-4-13(9-11)20(12)14-5-6-15(17)16(18)10-14/h5-6,10-13,19H,2-4,7-9H2,1H3. The molecule has 2 aliphatic heterocycles. The summed E-state index contributed by atoms with van der Waals surface area (Å²) >= 11 is 9.74. The summed E-state index contributed by atoms with van der Waals surface area (Å²) in [6.45, 7) is 3.38. The Kier molecular flexibility index (Phi) is 4.58. The van der Waals surface area contributed by atoms with E-state index in [1.165, 1.54) is 37.8 Å². The monoisotopic (exact) mass is 356 g/mol. The molecule has 110 valence electrons. The molecule has 2 saturated heterocycles. The Morgan fingerprint density at radius 3 is 2.60 bits per heavy atom. The van der Waals surface area contributed by atoms with Gasteiger partial charge in [-0.3, -0.25) is 0 Å². The number of rotatable bonds is 4. The number of fused-ring (bicyclic) bond motifs is 2. The Bertz CT molecular complexity index is 466. The van der Waals surface area contributed by atoms with E-state index in [4.69, 9.17) is 11.6 Å². The van der Waals surface area contributed by atoms with E-state index in [0.717, 1.165) is 16.0 Å². The largest absolute Gasteiger partial charge is 0.365 e. The molecule has 2 atom stereocenters. The van der Waals surface area contributed by atoms with Crippen molar-refractivity contribution in [1.29, 1.82) is 0 Å². The van der Waals surface area contributed by atoms with Crippen LogP contribution in [0.5, 0.6) is 0 Å². The molecule has 1 aromatic carbocycles.